The zero-order valence-electron chi connectivity index (χ0n) is 34.1. The first-order chi connectivity index (χ1) is 31.7. The molecular weight excluding hydrogens is 785 g/mol. The minimum atomic E-state index is 0.649. The van der Waals surface area contributed by atoms with Crippen molar-refractivity contribution in [2.24, 2.45) is 0 Å². The highest BCUT2D eigenvalue weighted by Crippen LogP contribution is 2.45. The molecule has 15 rings (SSSR count). The van der Waals surface area contributed by atoms with Gasteiger partial charge in [0.05, 0.1) is 22.1 Å². The Bertz CT molecular complexity index is 4330. The summed E-state index contributed by atoms with van der Waals surface area (Å²) in [6, 6.07) is 68.9. The van der Waals surface area contributed by atoms with Crippen molar-refractivity contribution in [2.45, 2.75) is 0 Å². The van der Waals surface area contributed by atoms with Crippen LogP contribution in [0.3, 0.4) is 0 Å². The Morgan fingerprint density at radius 3 is 1.75 bits per heavy atom. The topological polar surface area (TPSA) is 61.9 Å². The number of furan rings is 1. The maximum absolute atomic E-state index is 6.66. The highest BCUT2D eigenvalue weighted by Gasteiger charge is 2.23. The minimum absolute atomic E-state index is 0.649. The van der Waals surface area contributed by atoms with Crippen LogP contribution in [0.25, 0.3) is 143 Å². The van der Waals surface area contributed by atoms with Crippen LogP contribution in [0.4, 0.5) is 0 Å². The Balaban J connectivity index is 0.912. The van der Waals surface area contributed by atoms with Crippen LogP contribution in [0.15, 0.2) is 203 Å². The van der Waals surface area contributed by atoms with Gasteiger partial charge in [-0.25, -0.2) is 9.97 Å². The molecule has 0 radical (unpaired) electrons. The average Bonchev–Trinajstić information content (AvgIpc) is 3.98. The van der Waals surface area contributed by atoms with Gasteiger partial charge in [-0.15, -0.1) is 0 Å². The molecule has 0 spiro atoms. The van der Waals surface area contributed by atoms with Gasteiger partial charge in [0.15, 0.2) is 11.4 Å². The molecule has 0 amide bonds. The molecule has 0 N–H and O–H groups in total. The van der Waals surface area contributed by atoms with Gasteiger partial charge in [-0.3, -0.25) is 0 Å². The van der Waals surface area contributed by atoms with Crippen LogP contribution in [-0.4, -0.2) is 19.1 Å². The molecule has 0 aliphatic heterocycles. The highest BCUT2D eigenvalue weighted by molar-refractivity contribution is 6.33. The van der Waals surface area contributed by atoms with Gasteiger partial charge < -0.3 is 18.0 Å². The molecule has 5 heterocycles. The minimum Gasteiger partial charge on any atom is -0.456 e. The molecule has 15 aromatic rings. The molecule has 5 aromatic heterocycles. The summed E-state index contributed by atoms with van der Waals surface area (Å²) in [5, 5.41) is 12.6. The van der Waals surface area contributed by atoms with Gasteiger partial charge in [0.2, 0.25) is 0 Å². The third-order valence-electron chi connectivity index (χ3n) is 13.4. The second-order valence-electron chi connectivity index (χ2n) is 16.9. The number of benzene rings is 10. The van der Waals surface area contributed by atoms with E-state index in [4.69, 9.17) is 18.8 Å². The molecule has 10 aromatic carbocycles. The van der Waals surface area contributed by atoms with Crippen LogP contribution in [0.2, 0.25) is 0 Å². The molecule has 0 saturated heterocycles. The summed E-state index contributed by atoms with van der Waals surface area (Å²) in [4.78, 5) is 10.6. The van der Waals surface area contributed by atoms with E-state index in [1.54, 1.807) is 0 Å². The zero-order valence-corrected chi connectivity index (χ0v) is 34.1. The van der Waals surface area contributed by atoms with Gasteiger partial charge in [-0.2, -0.15) is 0 Å². The summed E-state index contributed by atoms with van der Waals surface area (Å²) < 4.78 is 18.0. The SMILES string of the molecule is c1ccc(-n2c3ccccc3c3cc(-c4nc(-c5ccc6cc(-n7c8ccc9cccc%10oc%11cccc%12ccc7c(c%12%11)c8c9%10)ccc6c5)nc5c4oc4ccccc45)ccc32)cc1. The van der Waals surface area contributed by atoms with Crippen LogP contribution in [-0.2, 0) is 0 Å². The highest BCUT2D eigenvalue weighted by atomic mass is 16.3. The Morgan fingerprint density at radius 1 is 0.344 bits per heavy atom. The van der Waals surface area contributed by atoms with Gasteiger partial charge in [0.25, 0.3) is 0 Å². The molecule has 0 unspecified atom stereocenters. The second kappa shape index (κ2) is 12.4. The van der Waals surface area contributed by atoms with Crippen LogP contribution < -0.4 is 0 Å². The van der Waals surface area contributed by atoms with Crippen molar-refractivity contribution in [1.82, 2.24) is 19.1 Å². The van der Waals surface area contributed by atoms with E-state index in [-0.39, 0.29) is 0 Å². The molecule has 0 saturated carbocycles. The zero-order chi connectivity index (χ0) is 41.6. The number of rotatable bonds is 4. The summed E-state index contributed by atoms with van der Waals surface area (Å²) in [5.41, 5.74) is 13.5. The van der Waals surface area contributed by atoms with Crippen molar-refractivity contribution in [3.63, 3.8) is 0 Å². The molecule has 0 aliphatic carbocycles. The van der Waals surface area contributed by atoms with E-state index < -0.39 is 0 Å². The Morgan fingerprint density at radius 2 is 0.953 bits per heavy atom. The van der Waals surface area contributed by atoms with Crippen molar-refractivity contribution in [3.05, 3.63) is 194 Å². The lowest BCUT2D eigenvalue weighted by Crippen LogP contribution is -1.96. The summed E-state index contributed by atoms with van der Waals surface area (Å²) in [6.07, 6.45) is 0. The van der Waals surface area contributed by atoms with E-state index in [2.05, 4.69) is 185 Å². The Hall–Kier alpha value is -8.74. The van der Waals surface area contributed by atoms with Gasteiger partial charge in [0, 0.05) is 60.2 Å². The first kappa shape index (κ1) is 33.9. The van der Waals surface area contributed by atoms with Crippen molar-refractivity contribution >= 4 is 109 Å². The van der Waals surface area contributed by atoms with E-state index in [9.17, 15) is 0 Å². The smallest absolute Gasteiger partial charge is 0.180 e. The van der Waals surface area contributed by atoms with E-state index in [1.165, 1.54) is 26.9 Å². The van der Waals surface area contributed by atoms with E-state index in [1.807, 2.05) is 18.2 Å². The molecule has 296 valence electrons. The van der Waals surface area contributed by atoms with Crippen molar-refractivity contribution in [2.75, 3.05) is 0 Å². The normalized spacial score (nSPS) is 12.4. The fraction of sp³-hybridized carbons (Fsp3) is 0. The van der Waals surface area contributed by atoms with Crippen LogP contribution >= 0.6 is 0 Å². The van der Waals surface area contributed by atoms with Crippen molar-refractivity contribution in [1.29, 1.82) is 0 Å². The van der Waals surface area contributed by atoms with E-state index in [0.29, 0.717) is 11.4 Å². The lowest BCUT2D eigenvalue weighted by molar-refractivity contribution is 0.664. The molecule has 6 heteroatoms. The lowest BCUT2D eigenvalue weighted by atomic mass is 10.00. The average molecular weight is 817 g/mol. The summed E-state index contributed by atoms with van der Waals surface area (Å²) in [7, 11) is 0. The first-order valence-corrected chi connectivity index (χ1v) is 21.6. The van der Waals surface area contributed by atoms with Gasteiger partial charge in [-0.05, 0) is 106 Å². The van der Waals surface area contributed by atoms with Crippen LogP contribution in [0.5, 0.6) is 0 Å². The summed E-state index contributed by atoms with van der Waals surface area (Å²) >= 11 is 0. The predicted molar refractivity (Wildman–Crippen MR) is 262 cm³/mol. The molecule has 0 fully saturated rings. The summed E-state index contributed by atoms with van der Waals surface area (Å²) in [6.45, 7) is 0. The Labute approximate surface area is 363 Å². The predicted octanol–water partition coefficient (Wildman–Crippen LogP) is 15.5. The molecule has 0 aliphatic rings. The molecule has 6 nitrogen and oxygen atoms in total. The quantitative estimate of drug-likeness (QED) is 0.177. The maximum atomic E-state index is 6.66. The summed E-state index contributed by atoms with van der Waals surface area (Å²) in [5.74, 6) is 0.649. The fourth-order valence-corrected chi connectivity index (χ4v) is 10.6. The standard InChI is InChI=1S/C58H32N4O2/c1-2-12-39(13-3-1)61-44-16-6-4-14-41(44)43-32-37(25-27-45(43)61)55-57-56(42-15-5-7-17-48(42)64-57)60-58(59-55)38-21-20-36-31-40(26-22-35(36)30-38)62-46-28-23-33-10-8-18-49-51(33)53(46)54-47(62)29-24-34-11-9-19-50(63-49)52(34)54/h1-32H. The first-order valence-electron chi connectivity index (χ1n) is 21.6. The third-order valence-corrected chi connectivity index (χ3v) is 13.4. The molecule has 0 bridgehead atoms. The lowest BCUT2D eigenvalue weighted by Gasteiger charge is -2.12. The molecule has 64 heavy (non-hydrogen) atoms. The van der Waals surface area contributed by atoms with E-state index in [0.717, 1.165) is 105 Å². The number of para-hydroxylation sites is 3. The van der Waals surface area contributed by atoms with Gasteiger partial charge >= 0.3 is 0 Å². The second-order valence-corrected chi connectivity index (χ2v) is 16.9. The van der Waals surface area contributed by atoms with Crippen LogP contribution in [0.1, 0.15) is 0 Å². The van der Waals surface area contributed by atoms with Gasteiger partial charge in [0.1, 0.15) is 28.0 Å². The maximum Gasteiger partial charge on any atom is 0.180 e. The monoisotopic (exact) mass is 816 g/mol. The number of fused-ring (bicyclic) bond motifs is 7. The molecular formula is C58H32N4O2. The van der Waals surface area contributed by atoms with Crippen LogP contribution in [0, 0.1) is 0 Å². The number of aromatic nitrogens is 4. The largest absolute Gasteiger partial charge is 0.456 e. The van der Waals surface area contributed by atoms with E-state index >= 15 is 0 Å². The van der Waals surface area contributed by atoms with Crippen molar-refractivity contribution in [3.8, 4) is 34.0 Å². The third kappa shape index (κ3) is 4.58. The Kier molecular flexibility index (Phi) is 6.59. The number of hydrogen-bond donors (Lipinski definition) is 0. The van der Waals surface area contributed by atoms with Gasteiger partial charge in [-0.1, -0.05) is 109 Å². The fourth-order valence-electron chi connectivity index (χ4n) is 10.6. The number of nitrogens with zero attached hydrogens (tertiary/aromatic N) is 4. The molecule has 0 atom stereocenters. The number of hydrogen-bond acceptors (Lipinski definition) is 4. The van der Waals surface area contributed by atoms with Crippen molar-refractivity contribution < 1.29 is 8.83 Å².